The van der Waals surface area contributed by atoms with E-state index in [1.54, 1.807) is 26.8 Å². The molecular weight excluding hydrogens is 244 g/mol. The predicted molar refractivity (Wildman–Crippen MR) is 70.7 cm³/mol. The average molecular weight is 262 g/mol. The van der Waals surface area contributed by atoms with Gasteiger partial charge in [0.15, 0.2) is 0 Å². The number of ether oxygens (including phenoxy) is 1. The summed E-state index contributed by atoms with van der Waals surface area (Å²) in [5.74, 6) is -0.463. The van der Waals surface area contributed by atoms with Gasteiger partial charge in [-0.25, -0.2) is 4.79 Å². The molecule has 0 aliphatic carbocycles. The summed E-state index contributed by atoms with van der Waals surface area (Å²) < 4.78 is 6.51. The number of aryl methyl sites for hydroxylation is 1. The molecule has 0 fully saturated rings. The molecule has 1 aromatic heterocycles. The summed E-state index contributed by atoms with van der Waals surface area (Å²) in [6, 6.07) is 4.19. The van der Waals surface area contributed by atoms with E-state index in [4.69, 9.17) is 10.00 Å². The first-order valence-electron chi connectivity index (χ1n) is 6.25. The van der Waals surface area contributed by atoms with Crippen molar-refractivity contribution in [3.05, 3.63) is 33.7 Å². The van der Waals surface area contributed by atoms with Gasteiger partial charge in [0.05, 0.1) is 6.10 Å². The van der Waals surface area contributed by atoms with E-state index in [1.165, 1.54) is 10.6 Å². The molecule has 2 atom stereocenters. The highest BCUT2D eigenvalue weighted by Crippen LogP contribution is 2.11. The van der Waals surface area contributed by atoms with Crippen molar-refractivity contribution in [1.82, 2.24) is 4.57 Å². The van der Waals surface area contributed by atoms with E-state index in [1.807, 2.05) is 13.0 Å². The molecule has 5 heteroatoms. The topological polar surface area (TPSA) is 72.1 Å². The minimum absolute atomic E-state index is 0.0220. The molecule has 0 saturated carbocycles. The fourth-order valence-electron chi connectivity index (χ4n) is 1.70. The molecule has 102 valence electrons. The highest BCUT2D eigenvalue weighted by atomic mass is 16.5. The molecule has 0 aliphatic heterocycles. The van der Waals surface area contributed by atoms with Gasteiger partial charge in [0.25, 0.3) is 5.56 Å². The van der Waals surface area contributed by atoms with Gasteiger partial charge >= 0.3 is 5.97 Å². The summed E-state index contributed by atoms with van der Waals surface area (Å²) in [6.45, 7) is 7.03. The zero-order chi connectivity index (χ0) is 14.6. The Morgan fingerprint density at radius 1 is 1.47 bits per heavy atom. The summed E-state index contributed by atoms with van der Waals surface area (Å²) in [7, 11) is 0. The third-order valence-corrected chi connectivity index (χ3v) is 3.06. The van der Waals surface area contributed by atoms with Crippen LogP contribution in [0, 0.1) is 18.3 Å². The van der Waals surface area contributed by atoms with E-state index in [2.05, 4.69) is 0 Å². The van der Waals surface area contributed by atoms with E-state index in [0.29, 0.717) is 12.1 Å². The minimum Gasteiger partial charge on any atom is -0.461 e. The first-order valence-corrected chi connectivity index (χ1v) is 6.25. The van der Waals surface area contributed by atoms with Crippen LogP contribution < -0.4 is 5.56 Å². The molecule has 5 nitrogen and oxygen atoms in total. The van der Waals surface area contributed by atoms with E-state index in [0.717, 1.165) is 0 Å². The first kappa shape index (κ1) is 15.0. The standard InChI is InChI=1S/C14H18N2O3/c1-5-10(3)19-14(18)11(4)16-9(2)6-7-12(8-15)13(16)17/h6-7,10-11H,5H2,1-4H3. The molecule has 0 saturated heterocycles. The lowest BCUT2D eigenvalue weighted by atomic mass is 10.2. The SMILES string of the molecule is CCC(C)OC(=O)C(C)n1c(C)ccc(C#N)c1=O. The average Bonchev–Trinajstić information content (AvgIpc) is 2.38. The maximum absolute atomic E-state index is 12.1. The number of nitriles is 1. The van der Waals surface area contributed by atoms with Crippen LogP contribution in [0.4, 0.5) is 0 Å². The molecule has 0 aliphatic rings. The van der Waals surface area contributed by atoms with Crippen molar-refractivity contribution in [1.29, 1.82) is 5.26 Å². The summed E-state index contributed by atoms with van der Waals surface area (Å²) in [6.07, 6.45) is 0.523. The third kappa shape index (κ3) is 3.22. The Morgan fingerprint density at radius 2 is 2.11 bits per heavy atom. The van der Waals surface area contributed by atoms with E-state index in [-0.39, 0.29) is 11.7 Å². The van der Waals surface area contributed by atoms with Crippen LogP contribution in [0.25, 0.3) is 0 Å². The van der Waals surface area contributed by atoms with Crippen LogP contribution in [0.3, 0.4) is 0 Å². The number of rotatable bonds is 4. The second-order valence-electron chi connectivity index (χ2n) is 4.51. The number of carbonyl (C=O) groups excluding carboxylic acids is 1. The van der Waals surface area contributed by atoms with E-state index in [9.17, 15) is 9.59 Å². The van der Waals surface area contributed by atoms with Gasteiger partial charge in [-0.15, -0.1) is 0 Å². The molecule has 0 amide bonds. The van der Waals surface area contributed by atoms with Crippen molar-refractivity contribution in [2.24, 2.45) is 0 Å². The molecule has 2 unspecified atom stereocenters. The van der Waals surface area contributed by atoms with E-state index >= 15 is 0 Å². The minimum atomic E-state index is -0.741. The fourth-order valence-corrected chi connectivity index (χ4v) is 1.70. The Morgan fingerprint density at radius 3 is 2.63 bits per heavy atom. The highest BCUT2D eigenvalue weighted by Gasteiger charge is 2.21. The number of esters is 1. The normalized spacial score (nSPS) is 13.4. The maximum Gasteiger partial charge on any atom is 0.329 e. The van der Waals surface area contributed by atoms with Crippen LogP contribution >= 0.6 is 0 Å². The van der Waals surface area contributed by atoms with Crippen molar-refractivity contribution in [3.63, 3.8) is 0 Å². The van der Waals surface area contributed by atoms with Gasteiger partial charge < -0.3 is 4.74 Å². The van der Waals surface area contributed by atoms with Gasteiger partial charge in [0.1, 0.15) is 17.7 Å². The number of hydrogen-bond donors (Lipinski definition) is 0. The molecule has 0 bridgehead atoms. The van der Waals surface area contributed by atoms with Gasteiger partial charge in [-0.1, -0.05) is 6.92 Å². The van der Waals surface area contributed by atoms with Crippen LogP contribution in [0.2, 0.25) is 0 Å². The monoisotopic (exact) mass is 262 g/mol. The molecule has 0 N–H and O–H groups in total. The van der Waals surface area contributed by atoms with Crippen LogP contribution in [0.5, 0.6) is 0 Å². The Hall–Kier alpha value is -2.09. The van der Waals surface area contributed by atoms with Gasteiger partial charge in [0, 0.05) is 5.69 Å². The van der Waals surface area contributed by atoms with Gasteiger partial charge in [-0.2, -0.15) is 5.26 Å². The number of pyridine rings is 1. The first-order chi connectivity index (χ1) is 8.92. The van der Waals surface area contributed by atoms with Crippen LogP contribution in [-0.4, -0.2) is 16.6 Å². The molecule has 1 rings (SSSR count). The highest BCUT2D eigenvalue weighted by molar-refractivity contribution is 5.74. The molecule has 0 aromatic carbocycles. The Kier molecular flexibility index (Phi) is 4.87. The number of carbonyl (C=O) groups is 1. The Bertz CT molecular complexity index is 569. The van der Waals surface area contributed by atoms with Crippen LogP contribution in [0.15, 0.2) is 16.9 Å². The Balaban J connectivity index is 3.13. The predicted octanol–water partition coefficient (Wildman–Crippen LogP) is 1.93. The number of aromatic nitrogens is 1. The largest absolute Gasteiger partial charge is 0.461 e. The zero-order valence-corrected chi connectivity index (χ0v) is 11.6. The smallest absolute Gasteiger partial charge is 0.329 e. The molecular formula is C14H18N2O3. The van der Waals surface area contributed by atoms with Crippen LogP contribution in [0.1, 0.15) is 44.5 Å². The summed E-state index contributed by atoms with van der Waals surface area (Å²) in [5, 5.41) is 8.86. The van der Waals surface area contributed by atoms with Gasteiger partial charge in [-0.3, -0.25) is 9.36 Å². The zero-order valence-electron chi connectivity index (χ0n) is 11.6. The molecule has 0 radical (unpaired) electrons. The second-order valence-corrected chi connectivity index (χ2v) is 4.51. The lowest BCUT2D eigenvalue weighted by molar-refractivity contribution is -0.152. The fraction of sp³-hybridized carbons (Fsp3) is 0.500. The van der Waals surface area contributed by atoms with Crippen molar-refractivity contribution in [3.8, 4) is 6.07 Å². The molecule has 19 heavy (non-hydrogen) atoms. The van der Waals surface area contributed by atoms with Gasteiger partial charge in [-0.05, 0) is 39.3 Å². The second kappa shape index (κ2) is 6.19. The Labute approximate surface area is 112 Å². The van der Waals surface area contributed by atoms with E-state index < -0.39 is 17.6 Å². The molecule has 1 heterocycles. The summed E-state index contributed by atoms with van der Waals surface area (Å²) in [4.78, 5) is 24.0. The van der Waals surface area contributed by atoms with Crippen molar-refractivity contribution >= 4 is 5.97 Å². The molecule has 0 spiro atoms. The molecule has 1 aromatic rings. The summed E-state index contributed by atoms with van der Waals surface area (Å²) >= 11 is 0. The van der Waals surface area contributed by atoms with Crippen LogP contribution in [-0.2, 0) is 9.53 Å². The third-order valence-electron chi connectivity index (χ3n) is 3.06. The maximum atomic E-state index is 12.1. The van der Waals surface area contributed by atoms with Gasteiger partial charge in [0.2, 0.25) is 0 Å². The lowest BCUT2D eigenvalue weighted by Crippen LogP contribution is -2.33. The lowest BCUT2D eigenvalue weighted by Gasteiger charge is -2.19. The van der Waals surface area contributed by atoms with Crippen molar-refractivity contribution in [2.45, 2.75) is 46.3 Å². The quantitative estimate of drug-likeness (QED) is 0.777. The van der Waals surface area contributed by atoms with Crippen molar-refractivity contribution < 1.29 is 9.53 Å². The van der Waals surface area contributed by atoms with Crippen molar-refractivity contribution in [2.75, 3.05) is 0 Å². The number of hydrogen-bond acceptors (Lipinski definition) is 4. The number of nitrogens with zero attached hydrogens (tertiary/aromatic N) is 2. The summed E-state index contributed by atoms with van der Waals surface area (Å²) in [5.41, 5.74) is 0.183.